The molecule has 1 aliphatic carbocycles. The van der Waals surface area contributed by atoms with Gasteiger partial charge in [-0.15, -0.1) is 0 Å². The second-order valence-electron chi connectivity index (χ2n) is 5.74. The molecule has 1 unspecified atom stereocenters. The van der Waals surface area contributed by atoms with E-state index in [1.54, 1.807) is 12.1 Å². The van der Waals surface area contributed by atoms with Gasteiger partial charge >= 0.3 is 0 Å². The van der Waals surface area contributed by atoms with Crippen LogP contribution in [0.15, 0.2) is 22.7 Å². The Morgan fingerprint density at radius 1 is 1.42 bits per heavy atom. The van der Waals surface area contributed by atoms with Gasteiger partial charge in [0.15, 0.2) is 0 Å². The van der Waals surface area contributed by atoms with Crippen molar-refractivity contribution in [3.8, 4) is 0 Å². The predicted molar refractivity (Wildman–Crippen MR) is 76.4 cm³/mol. The van der Waals surface area contributed by atoms with E-state index in [2.05, 4.69) is 22.9 Å². The fourth-order valence-corrected chi connectivity index (χ4v) is 3.01. The van der Waals surface area contributed by atoms with Crippen molar-refractivity contribution in [1.82, 2.24) is 0 Å². The van der Waals surface area contributed by atoms with Crippen LogP contribution in [0.1, 0.15) is 38.2 Å². The Labute approximate surface area is 121 Å². The lowest BCUT2D eigenvalue weighted by atomic mass is 9.75. The fraction of sp³-hybridized carbons (Fsp3) is 0.600. The molecule has 0 aliphatic heterocycles. The van der Waals surface area contributed by atoms with Gasteiger partial charge < -0.3 is 10.2 Å². The molecule has 0 bridgehead atoms. The maximum absolute atomic E-state index is 13.7. The Bertz CT molecular complexity index is 442. The largest absolute Gasteiger partial charge is 0.390 e. The highest BCUT2D eigenvalue weighted by atomic mass is 79.9. The molecule has 4 heteroatoms. The molecule has 1 aliphatic rings. The van der Waals surface area contributed by atoms with Gasteiger partial charge in [0, 0.05) is 10.9 Å². The van der Waals surface area contributed by atoms with E-state index in [0.717, 1.165) is 12.8 Å². The van der Waals surface area contributed by atoms with Crippen molar-refractivity contribution in [2.75, 3.05) is 0 Å². The molecule has 1 fully saturated rings. The second-order valence-corrected chi connectivity index (χ2v) is 6.66. The van der Waals surface area contributed by atoms with E-state index in [4.69, 9.17) is 0 Å². The molecule has 0 spiro atoms. The third-order valence-electron chi connectivity index (χ3n) is 4.19. The first kappa shape index (κ1) is 14.9. The molecule has 2 nitrogen and oxygen atoms in total. The van der Waals surface area contributed by atoms with E-state index in [1.165, 1.54) is 6.07 Å². The quantitative estimate of drug-likeness (QED) is 0.891. The molecule has 1 aromatic rings. The number of halogens is 2. The Morgan fingerprint density at radius 2 is 2.05 bits per heavy atom. The summed E-state index contributed by atoms with van der Waals surface area (Å²) in [5.74, 6) is 0.248. The van der Waals surface area contributed by atoms with Crippen LogP contribution in [-0.2, 0) is 6.42 Å². The van der Waals surface area contributed by atoms with E-state index in [9.17, 15) is 14.6 Å². The zero-order valence-corrected chi connectivity index (χ0v) is 12.7. The Kier molecular flexibility index (Phi) is 4.64. The molecule has 106 valence electrons. The Balaban J connectivity index is 2.06. The van der Waals surface area contributed by atoms with Gasteiger partial charge in [-0.25, -0.2) is 4.39 Å². The molecule has 1 atom stereocenters. The molecule has 1 aromatic carbocycles. The third kappa shape index (κ3) is 3.56. The summed E-state index contributed by atoms with van der Waals surface area (Å²) >= 11 is 3.20. The van der Waals surface area contributed by atoms with Crippen LogP contribution < -0.4 is 0 Å². The number of hydrogen-bond donors (Lipinski definition) is 2. The van der Waals surface area contributed by atoms with Gasteiger partial charge in [0.25, 0.3) is 0 Å². The maximum atomic E-state index is 13.7. The number of aliphatic hydroxyl groups is 2. The zero-order valence-electron chi connectivity index (χ0n) is 11.1. The van der Waals surface area contributed by atoms with Crippen LogP contribution in [0.2, 0.25) is 0 Å². The number of aliphatic hydroxyl groups excluding tert-OH is 1. The first-order chi connectivity index (χ1) is 8.90. The summed E-state index contributed by atoms with van der Waals surface area (Å²) in [5.41, 5.74) is -0.616. The number of rotatable bonds is 3. The average molecular weight is 331 g/mol. The van der Waals surface area contributed by atoms with Crippen molar-refractivity contribution in [1.29, 1.82) is 0 Å². The minimum Gasteiger partial charge on any atom is -0.390 e. The van der Waals surface area contributed by atoms with Crippen LogP contribution in [0.25, 0.3) is 0 Å². The maximum Gasteiger partial charge on any atom is 0.127 e. The van der Waals surface area contributed by atoms with Gasteiger partial charge in [-0.2, -0.15) is 0 Å². The Morgan fingerprint density at radius 3 is 2.63 bits per heavy atom. The normalized spacial score (nSPS) is 29.2. The topological polar surface area (TPSA) is 40.5 Å². The van der Waals surface area contributed by atoms with Crippen LogP contribution in [0.3, 0.4) is 0 Å². The van der Waals surface area contributed by atoms with Gasteiger partial charge in [0.2, 0.25) is 0 Å². The standard InChI is InChI=1S/C15H20BrFO2/c1-10-4-6-15(19,7-5-10)14(18)8-11-2-3-12(16)9-13(11)17/h2-3,9-10,14,18-19H,4-8H2,1H3. The number of hydrogen-bond acceptors (Lipinski definition) is 2. The molecule has 2 N–H and O–H groups in total. The summed E-state index contributed by atoms with van der Waals surface area (Å²) in [4.78, 5) is 0. The molecule has 0 heterocycles. The summed E-state index contributed by atoms with van der Waals surface area (Å²) in [6, 6.07) is 4.78. The fourth-order valence-electron chi connectivity index (χ4n) is 2.68. The smallest absolute Gasteiger partial charge is 0.127 e. The highest BCUT2D eigenvalue weighted by Gasteiger charge is 2.38. The lowest BCUT2D eigenvalue weighted by Gasteiger charge is -2.38. The minimum atomic E-state index is -1.06. The number of benzene rings is 1. The highest BCUT2D eigenvalue weighted by molar-refractivity contribution is 9.10. The third-order valence-corrected chi connectivity index (χ3v) is 4.68. The van der Waals surface area contributed by atoms with E-state index in [-0.39, 0.29) is 12.2 Å². The van der Waals surface area contributed by atoms with Crippen molar-refractivity contribution >= 4 is 15.9 Å². The highest BCUT2D eigenvalue weighted by Crippen LogP contribution is 2.35. The second kappa shape index (κ2) is 5.90. The van der Waals surface area contributed by atoms with Crippen LogP contribution in [0.4, 0.5) is 4.39 Å². The van der Waals surface area contributed by atoms with Crippen LogP contribution >= 0.6 is 15.9 Å². The molecular weight excluding hydrogens is 311 g/mol. The molecule has 2 rings (SSSR count). The lowest BCUT2D eigenvalue weighted by molar-refractivity contribution is -0.102. The van der Waals surface area contributed by atoms with E-state index < -0.39 is 11.7 Å². The summed E-state index contributed by atoms with van der Waals surface area (Å²) < 4.78 is 14.4. The first-order valence-electron chi connectivity index (χ1n) is 6.75. The van der Waals surface area contributed by atoms with Crippen molar-refractivity contribution in [2.45, 2.75) is 50.7 Å². The molecule has 0 amide bonds. The molecule has 0 radical (unpaired) electrons. The summed E-state index contributed by atoms with van der Waals surface area (Å²) in [6.07, 6.45) is 2.26. The Hall–Kier alpha value is -0.450. The van der Waals surface area contributed by atoms with E-state index >= 15 is 0 Å². The monoisotopic (exact) mass is 330 g/mol. The average Bonchev–Trinajstić information content (AvgIpc) is 2.36. The van der Waals surface area contributed by atoms with Gasteiger partial charge in [-0.1, -0.05) is 28.9 Å². The molecule has 0 aromatic heterocycles. The van der Waals surface area contributed by atoms with Gasteiger partial charge in [-0.05, 0) is 49.3 Å². The van der Waals surface area contributed by atoms with Crippen molar-refractivity contribution in [3.63, 3.8) is 0 Å². The SMILES string of the molecule is CC1CCC(O)(C(O)Cc2ccc(Br)cc2F)CC1. The van der Waals surface area contributed by atoms with Crippen molar-refractivity contribution < 1.29 is 14.6 Å². The van der Waals surface area contributed by atoms with Crippen LogP contribution in [-0.4, -0.2) is 21.9 Å². The van der Waals surface area contributed by atoms with Crippen LogP contribution in [0, 0.1) is 11.7 Å². The molecule has 1 saturated carbocycles. The lowest BCUT2D eigenvalue weighted by Crippen LogP contribution is -2.46. The minimum absolute atomic E-state index is 0.157. The molecule has 0 saturated heterocycles. The predicted octanol–water partition coefficient (Wildman–Crippen LogP) is 3.43. The van der Waals surface area contributed by atoms with Gasteiger partial charge in [0.1, 0.15) is 5.82 Å². The first-order valence-corrected chi connectivity index (χ1v) is 7.54. The van der Waals surface area contributed by atoms with Gasteiger partial charge in [0.05, 0.1) is 11.7 Å². The van der Waals surface area contributed by atoms with Crippen molar-refractivity contribution in [3.05, 3.63) is 34.1 Å². The van der Waals surface area contributed by atoms with Crippen molar-refractivity contribution in [2.24, 2.45) is 5.92 Å². The van der Waals surface area contributed by atoms with Gasteiger partial charge in [-0.3, -0.25) is 0 Å². The summed E-state index contributed by atoms with van der Waals surface area (Å²) in [5, 5.41) is 20.7. The summed E-state index contributed by atoms with van der Waals surface area (Å²) in [6.45, 7) is 2.15. The molecular formula is C15H20BrFO2. The zero-order chi connectivity index (χ0) is 14.0. The molecule has 19 heavy (non-hydrogen) atoms. The summed E-state index contributed by atoms with van der Waals surface area (Å²) in [7, 11) is 0. The van der Waals surface area contributed by atoms with Crippen LogP contribution in [0.5, 0.6) is 0 Å². The van der Waals surface area contributed by atoms with E-state index in [0.29, 0.717) is 28.8 Å². The van der Waals surface area contributed by atoms with E-state index in [1.807, 2.05) is 0 Å².